The van der Waals surface area contributed by atoms with Crippen LogP contribution < -0.4 is 11.1 Å². The zero-order valence-corrected chi connectivity index (χ0v) is 10.8. The molecule has 4 heteroatoms. The predicted octanol–water partition coefficient (Wildman–Crippen LogP) is 2.33. The number of carbonyl (C=O) groups is 1. The zero-order chi connectivity index (χ0) is 13.1. The van der Waals surface area contributed by atoms with Gasteiger partial charge in [-0.25, -0.2) is 0 Å². The molecule has 0 aliphatic carbocycles. The third-order valence-electron chi connectivity index (χ3n) is 2.16. The van der Waals surface area contributed by atoms with Crippen LogP contribution in [-0.2, 0) is 9.53 Å². The summed E-state index contributed by atoms with van der Waals surface area (Å²) in [5, 5.41) is 2.79. The highest BCUT2D eigenvalue weighted by atomic mass is 16.5. The van der Waals surface area contributed by atoms with Gasteiger partial charge in [0.25, 0.3) is 0 Å². The fourth-order valence-electron chi connectivity index (χ4n) is 1.30. The van der Waals surface area contributed by atoms with E-state index in [0.29, 0.717) is 5.69 Å². The Morgan fingerprint density at radius 1 is 1.41 bits per heavy atom. The molecule has 4 nitrogen and oxygen atoms in total. The molecule has 1 aromatic rings. The smallest absolute Gasteiger partial charge is 0.250 e. The number of ether oxygens (including phenoxy) is 1. The molecule has 1 amide bonds. The lowest BCUT2D eigenvalue weighted by Gasteiger charge is -2.19. The third-order valence-corrected chi connectivity index (χ3v) is 2.16. The number of hydrogen-bond donors (Lipinski definition) is 2. The molecule has 94 valence electrons. The molecule has 0 bridgehead atoms. The molecule has 0 radical (unpaired) electrons. The Balaban J connectivity index is 2.57. The SMILES string of the molecule is Cc1cc(N)ccc1NC(=O)COC(C)(C)C. The van der Waals surface area contributed by atoms with E-state index >= 15 is 0 Å². The summed E-state index contributed by atoms with van der Waals surface area (Å²) in [6.07, 6.45) is 0. The molecule has 0 aliphatic rings. The maximum Gasteiger partial charge on any atom is 0.250 e. The van der Waals surface area contributed by atoms with Gasteiger partial charge < -0.3 is 15.8 Å². The van der Waals surface area contributed by atoms with Crippen molar-refractivity contribution >= 4 is 17.3 Å². The van der Waals surface area contributed by atoms with E-state index < -0.39 is 0 Å². The van der Waals surface area contributed by atoms with E-state index in [1.54, 1.807) is 12.1 Å². The van der Waals surface area contributed by atoms with Crippen LogP contribution in [-0.4, -0.2) is 18.1 Å². The van der Waals surface area contributed by atoms with Gasteiger partial charge in [0.05, 0.1) is 5.60 Å². The Hall–Kier alpha value is -1.55. The van der Waals surface area contributed by atoms with Crippen molar-refractivity contribution in [2.24, 2.45) is 0 Å². The number of carbonyl (C=O) groups excluding carboxylic acids is 1. The molecule has 0 saturated heterocycles. The summed E-state index contributed by atoms with van der Waals surface area (Å²) in [7, 11) is 0. The first-order valence-electron chi connectivity index (χ1n) is 5.58. The molecule has 1 rings (SSSR count). The Morgan fingerprint density at radius 2 is 2.06 bits per heavy atom. The molecule has 0 aromatic heterocycles. The van der Waals surface area contributed by atoms with E-state index in [1.165, 1.54) is 0 Å². The summed E-state index contributed by atoms with van der Waals surface area (Å²) < 4.78 is 5.39. The number of amides is 1. The molecular weight excluding hydrogens is 216 g/mol. The van der Waals surface area contributed by atoms with Crippen molar-refractivity contribution in [2.45, 2.75) is 33.3 Å². The lowest BCUT2D eigenvalue weighted by atomic mass is 10.2. The van der Waals surface area contributed by atoms with Crippen molar-refractivity contribution in [2.75, 3.05) is 17.7 Å². The van der Waals surface area contributed by atoms with Gasteiger partial charge >= 0.3 is 0 Å². The van der Waals surface area contributed by atoms with E-state index in [9.17, 15) is 4.79 Å². The Morgan fingerprint density at radius 3 is 2.59 bits per heavy atom. The number of nitrogen functional groups attached to an aromatic ring is 1. The van der Waals surface area contributed by atoms with Crippen LogP contribution in [0.25, 0.3) is 0 Å². The van der Waals surface area contributed by atoms with E-state index in [1.807, 2.05) is 33.8 Å². The lowest BCUT2D eigenvalue weighted by molar-refractivity contribution is -0.125. The van der Waals surface area contributed by atoms with Crippen molar-refractivity contribution in [1.29, 1.82) is 0 Å². The molecule has 0 spiro atoms. The van der Waals surface area contributed by atoms with Gasteiger partial charge in [-0.15, -0.1) is 0 Å². The van der Waals surface area contributed by atoms with Crippen molar-refractivity contribution in [3.8, 4) is 0 Å². The fraction of sp³-hybridized carbons (Fsp3) is 0.462. The molecule has 3 N–H and O–H groups in total. The first-order valence-corrected chi connectivity index (χ1v) is 5.58. The lowest BCUT2D eigenvalue weighted by Crippen LogP contribution is -2.27. The summed E-state index contributed by atoms with van der Waals surface area (Å²) in [5.41, 5.74) is 7.72. The Bertz CT molecular complexity index is 408. The highest BCUT2D eigenvalue weighted by molar-refractivity contribution is 5.92. The second kappa shape index (κ2) is 5.19. The summed E-state index contributed by atoms with van der Waals surface area (Å²) in [4.78, 5) is 11.6. The topological polar surface area (TPSA) is 64.3 Å². The van der Waals surface area contributed by atoms with Gasteiger partial charge in [0.1, 0.15) is 6.61 Å². The number of nitrogens with one attached hydrogen (secondary N) is 1. The number of hydrogen-bond acceptors (Lipinski definition) is 3. The van der Waals surface area contributed by atoms with Gasteiger partial charge in [-0.05, 0) is 51.5 Å². The normalized spacial score (nSPS) is 11.3. The molecule has 0 fully saturated rings. The second-order valence-electron chi connectivity index (χ2n) is 5.02. The number of anilines is 2. The maximum atomic E-state index is 11.6. The molecule has 0 atom stereocenters. The highest BCUT2D eigenvalue weighted by Crippen LogP contribution is 2.17. The minimum absolute atomic E-state index is 0.0489. The van der Waals surface area contributed by atoms with Crippen LogP contribution in [0, 0.1) is 6.92 Å². The van der Waals surface area contributed by atoms with Crippen LogP contribution in [0.2, 0.25) is 0 Å². The quantitative estimate of drug-likeness (QED) is 0.792. The van der Waals surface area contributed by atoms with Crippen molar-refractivity contribution in [1.82, 2.24) is 0 Å². The first kappa shape index (κ1) is 13.5. The Labute approximate surface area is 102 Å². The summed E-state index contributed by atoms with van der Waals surface area (Å²) >= 11 is 0. The van der Waals surface area contributed by atoms with Gasteiger partial charge in [-0.1, -0.05) is 0 Å². The minimum atomic E-state index is -0.312. The predicted molar refractivity (Wildman–Crippen MR) is 69.9 cm³/mol. The van der Waals surface area contributed by atoms with Gasteiger partial charge in [0, 0.05) is 11.4 Å². The van der Waals surface area contributed by atoms with Crippen LogP contribution in [0.5, 0.6) is 0 Å². The molecule has 0 saturated carbocycles. The van der Waals surface area contributed by atoms with Crippen LogP contribution >= 0.6 is 0 Å². The maximum absolute atomic E-state index is 11.6. The number of rotatable bonds is 3. The van der Waals surface area contributed by atoms with Gasteiger partial charge in [-0.2, -0.15) is 0 Å². The fourth-order valence-corrected chi connectivity index (χ4v) is 1.30. The Kier molecular flexibility index (Phi) is 4.12. The van der Waals surface area contributed by atoms with Crippen LogP contribution in [0.15, 0.2) is 18.2 Å². The number of aryl methyl sites for hydroxylation is 1. The molecule has 0 aliphatic heterocycles. The van der Waals surface area contributed by atoms with E-state index in [0.717, 1.165) is 11.3 Å². The van der Waals surface area contributed by atoms with Crippen LogP contribution in [0.3, 0.4) is 0 Å². The third kappa shape index (κ3) is 4.87. The van der Waals surface area contributed by atoms with Crippen molar-refractivity contribution in [3.63, 3.8) is 0 Å². The zero-order valence-electron chi connectivity index (χ0n) is 10.8. The second-order valence-corrected chi connectivity index (χ2v) is 5.02. The highest BCUT2D eigenvalue weighted by Gasteiger charge is 2.13. The van der Waals surface area contributed by atoms with Gasteiger partial charge in [0.2, 0.25) is 5.91 Å². The first-order chi connectivity index (χ1) is 7.78. The summed E-state index contributed by atoms with van der Waals surface area (Å²) in [5.74, 6) is -0.159. The van der Waals surface area contributed by atoms with Gasteiger partial charge in [0.15, 0.2) is 0 Å². The monoisotopic (exact) mass is 236 g/mol. The molecular formula is C13H20N2O2. The number of benzene rings is 1. The van der Waals surface area contributed by atoms with Crippen LogP contribution in [0.1, 0.15) is 26.3 Å². The largest absolute Gasteiger partial charge is 0.399 e. The van der Waals surface area contributed by atoms with E-state index in [-0.39, 0.29) is 18.1 Å². The van der Waals surface area contributed by atoms with E-state index in [2.05, 4.69) is 5.32 Å². The standard InChI is InChI=1S/C13H20N2O2/c1-9-7-10(14)5-6-11(9)15-12(16)8-17-13(2,3)4/h5-7H,8,14H2,1-4H3,(H,15,16). The summed E-state index contributed by atoms with van der Waals surface area (Å²) in [6, 6.07) is 5.37. The average molecular weight is 236 g/mol. The summed E-state index contributed by atoms with van der Waals surface area (Å²) in [6.45, 7) is 7.68. The van der Waals surface area contributed by atoms with Gasteiger partial charge in [-0.3, -0.25) is 4.79 Å². The van der Waals surface area contributed by atoms with Crippen molar-refractivity contribution in [3.05, 3.63) is 23.8 Å². The van der Waals surface area contributed by atoms with E-state index in [4.69, 9.17) is 10.5 Å². The number of nitrogens with two attached hydrogens (primary N) is 1. The average Bonchev–Trinajstić information content (AvgIpc) is 2.18. The molecule has 0 heterocycles. The minimum Gasteiger partial charge on any atom is -0.399 e. The van der Waals surface area contributed by atoms with Crippen molar-refractivity contribution < 1.29 is 9.53 Å². The molecule has 17 heavy (non-hydrogen) atoms. The molecule has 1 aromatic carbocycles. The molecule has 0 unspecified atom stereocenters. The van der Waals surface area contributed by atoms with Crippen LogP contribution in [0.4, 0.5) is 11.4 Å².